The van der Waals surface area contributed by atoms with Crippen LogP contribution < -0.4 is 5.32 Å². The van der Waals surface area contributed by atoms with Crippen molar-refractivity contribution in [3.8, 4) is 0 Å². The lowest BCUT2D eigenvalue weighted by atomic mass is 10.1. The van der Waals surface area contributed by atoms with Crippen molar-refractivity contribution < 1.29 is 13.2 Å². The summed E-state index contributed by atoms with van der Waals surface area (Å²) >= 11 is 4.98. The van der Waals surface area contributed by atoms with Crippen molar-refractivity contribution in [3.05, 3.63) is 50.1 Å². The van der Waals surface area contributed by atoms with Gasteiger partial charge in [-0.05, 0) is 56.7 Å². The second-order valence-corrected chi connectivity index (χ2v) is 10.6. The van der Waals surface area contributed by atoms with Gasteiger partial charge in [-0.1, -0.05) is 22.9 Å². The fraction of sp³-hybridized carbons (Fsp3) is 0.389. The van der Waals surface area contributed by atoms with Crippen molar-refractivity contribution in [1.82, 2.24) is 5.32 Å². The van der Waals surface area contributed by atoms with Gasteiger partial charge in [0.25, 0.3) is 0 Å². The van der Waals surface area contributed by atoms with E-state index in [-0.39, 0.29) is 22.6 Å². The molecule has 0 spiro atoms. The minimum atomic E-state index is -3.51. The first-order chi connectivity index (χ1) is 11.6. The molecule has 1 N–H and O–H groups in total. The molecule has 0 aliphatic heterocycles. The Balaban J connectivity index is 2.04. The first-order valence-electron chi connectivity index (χ1n) is 7.96. The van der Waals surface area contributed by atoms with Gasteiger partial charge in [0, 0.05) is 20.1 Å². The molecule has 25 heavy (non-hydrogen) atoms. The maximum atomic E-state index is 12.5. The molecule has 2 atom stereocenters. The second kappa shape index (κ2) is 8.01. The molecule has 1 aromatic heterocycles. The largest absolute Gasteiger partial charge is 0.349 e. The summed E-state index contributed by atoms with van der Waals surface area (Å²) in [7, 11) is -3.51. The third-order valence-electron chi connectivity index (χ3n) is 3.99. The van der Waals surface area contributed by atoms with Crippen LogP contribution in [0.3, 0.4) is 0 Å². The van der Waals surface area contributed by atoms with Crippen molar-refractivity contribution in [1.29, 1.82) is 0 Å². The first kappa shape index (κ1) is 20.1. The van der Waals surface area contributed by atoms with Gasteiger partial charge >= 0.3 is 0 Å². The highest BCUT2D eigenvalue weighted by Gasteiger charge is 2.25. The molecule has 2 aromatic rings. The molecular formula is C18H22BrNO3S2. The first-order valence-corrected chi connectivity index (χ1v) is 11.2. The molecule has 2 rings (SSSR count). The Bertz CT molecular complexity index is 857. The van der Waals surface area contributed by atoms with Gasteiger partial charge in [-0.15, -0.1) is 11.3 Å². The lowest BCUT2D eigenvalue weighted by molar-refractivity contribution is -0.124. The van der Waals surface area contributed by atoms with E-state index in [4.69, 9.17) is 0 Å². The molecule has 1 heterocycles. The van der Waals surface area contributed by atoms with Crippen LogP contribution in [0.1, 0.15) is 35.2 Å². The van der Waals surface area contributed by atoms with E-state index in [0.29, 0.717) is 0 Å². The minimum absolute atomic E-state index is 0.143. The maximum Gasteiger partial charge on any atom is 0.224 e. The zero-order chi connectivity index (χ0) is 18.8. The fourth-order valence-electron chi connectivity index (χ4n) is 2.66. The van der Waals surface area contributed by atoms with E-state index in [9.17, 15) is 13.2 Å². The van der Waals surface area contributed by atoms with E-state index in [1.165, 1.54) is 9.75 Å². The number of nitrogens with one attached hydrogen (secondary N) is 1. The third-order valence-corrected chi connectivity index (χ3v) is 7.43. The topological polar surface area (TPSA) is 63.2 Å². The molecule has 7 heteroatoms. The zero-order valence-corrected chi connectivity index (χ0v) is 17.9. The predicted molar refractivity (Wildman–Crippen MR) is 106 cm³/mol. The summed E-state index contributed by atoms with van der Waals surface area (Å²) in [5, 5.41) is 2.93. The van der Waals surface area contributed by atoms with E-state index in [0.717, 1.165) is 10.0 Å². The Kier molecular flexibility index (Phi) is 6.45. The Morgan fingerprint density at radius 2 is 1.80 bits per heavy atom. The molecule has 4 nitrogen and oxygen atoms in total. The summed E-state index contributed by atoms with van der Waals surface area (Å²) in [6.45, 7) is 7.62. The number of benzene rings is 1. The molecule has 1 amide bonds. The van der Waals surface area contributed by atoms with Crippen molar-refractivity contribution in [2.75, 3.05) is 5.75 Å². The van der Waals surface area contributed by atoms with Gasteiger partial charge in [0.05, 0.1) is 16.7 Å². The maximum absolute atomic E-state index is 12.5. The van der Waals surface area contributed by atoms with Gasteiger partial charge in [0.2, 0.25) is 5.91 Å². The molecule has 0 aliphatic rings. The summed E-state index contributed by atoms with van der Waals surface area (Å²) < 4.78 is 25.8. The van der Waals surface area contributed by atoms with Gasteiger partial charge < -0.3 is 5.32 Å². The zero-order valence-electron chi connectivity index (χ0n) is 14.7. The Morgan fingerprint density at radius 1 is 1.20 bits per heavy atom. The minimum Gasteiger partial charge on any atom is -0.349 e. The van der Waals surface area contributed by atoms with Crippen molar-refractivity contribution >= 4 is 43.0 Å². The Labute approximate surface area is 161 Å². The summed E-state index contributed by atoms with van der Waals surface area (Å²) in [5.41, 5.74) is 1.08. The SMILES string of the molecule is Cc1cc(C(C)NC(=O)C(C)CS(=O)(=O)c2ccc(Br)cc2)c(C)s1. The van der Waals surface area contributed by atoms with Crippen LogP contribution in [0.4, 0.5) is 0 Å². The van der Waals surface area contributed by atoms with Crippen LogP contribution in [0.5, 0.6) is 0 Å². The molecule has 0 saturated carbocycles. The molecule has 0 fully saturated rings. The standard InChI is InChI=1S/C18H22BrNO3S2/c1-11(10-25(22,23)16-7-5-15(19)6-8-16)18(21)20-13(3)17-9-12(2)24-14(17)4/h5-9,11,13H,10H2,1-4H3,(H,20,21). The van der Waals surface area contributed by atoms with E-state index in [1.807, 2.05) is 20.8 Å². The molecule has 0 bridgehead atoms. The molecule has 2 unspecified atom stereocenters. The highest BCUT2D eigenvalue weighted by Crippen LogP contribution is 2.26. The lowest BCUT2D eigenvalue weighted by Gasteiger charge is -2.18. The Morgan fingerprint density at radius 3 is 2.32 bits per heavy atom. The number of carbonyl (C=O) groups excluding carboxylic acids is 1. The van der Waals surface area contributed by atoms with Crippen LogP contribution in [0.25, 0.3) is 0 Å². The number of hydrogen-bond donors (Lipinski definition) is 1. The molecule has 0 aliphatic carbocycles. The molecule has 0 saturated heterocycles. The predicted octanol–water partition coefficient (Wildman–Crippen LogP) is 4.41. The number of rotatable bonds is 6. The second-order valence-electron chi connectivity index (χ2n) is 6.24. The average Bonchev–Trinajstić information content (AvgIpc) is 2.85. The number of aryl methyl sites for hydroxylation is 2. The smallest absolute Gasteiger partial charge is 0.224 e. The monoisotopic (exact) mass is 443 g/mol. The van der Waals surface area contributed by atoms with Gasteiger partial charge in [-0.3, -0.25) is 4.79 Å². The summed E-state index contributed by atoms with van der Waals surface area (Å²) in [4.78, 5) is 15.0. The summed E-state index contributed by atoms with van der Waals surface area (Å²) in [5.74, 6) is -1.10. The van der Waals surface area contributed by atoms with Crippen LogP contribution in [0.15, 0.2) is 39.7 Å². The van der Waals surface area contributed by atoms with E-state index in [1.54, 1.807) is 42.5 Å². The third kappa shape index (κ3) is 5.15. The van der Waals surface area contributed by atoms with Crippen LogP contribution in [0.2, 0.25) is 0 Å². The number of hydrogen-bond acceptors (Lipinski definition) is 4. The Hall–Kier alpha value is -1.18. The quantitative estimate of drug-likeness (QED) is 0.718. The van der Waals surface area contributed by atoms with E-state index < -0.39 is 15.8 Å². The molecular weight excluding hydrogens is 422 g/mol. The highest BCUT2D eigenvalue weighted by molar-refractivity contribution is 9.10. The number of sulfone groups is 1. The van der Waals surface area contributed by atoms with E-state index >= 15 is 0 Å². The van der Waals surface area contributed by atoms with Gasteiger partial charge in [0.15, 0.2) is 9.84 Å². The fourth-order valence-corrected chi connectivity index (χ4v) is 5.50. The van der Waals surface area contributed by atoms with Gasteiger partial charge in [-0.2, -0.15) is 0 Å². The molecule has 0 radical (unpaired) electrons. The average molecular weight is 444 g/mol. The van der Waals surface area contributed by atoms with Crippen molar-refractivity contribution in [2.45, 2.75) is 38.6 Å². The van der Waals surface area contributed by atoms with Crippen molar-refractivity contribution in [3.63, 3.8) is 0 Å². The highest BCUT2D eigenvalue weighted by atomic mass is 79.9. The van der Waals surface area contributed by atoms with Gasteiger partial charge in [-0.25, -0.2) is 8.42 Å². The number of carbonyl (C=O) groups is 1. The molecule has 136 valence electrons. The van der Waals surface area contributed by atoms with Crippen LogP contribution >= 0.6 is 27.3 Å². The summed E-state index contributed by atoms with van der Waals surface area (Å²) in [6.07, 6.45) is 0. The van der Waals surface area contributed by atoms with E-state index in [2.05, 4.69) is 27.3 Å². The lowest BCUT2D eigenvalue weighted by Crippen LogP contribution is -2.34. The van der Waals surface area contributed by atoms with Crippen LogP contribution in [-0.2, 0) is 14.6 Å². The van der Waals surface area contributed by atoms with Gasteiger partial charge in [0.1, 0.15) is 0 Å². The number of thiophene rings is 1. The number of halogens is 1. The normalized spacial score (nSPS) is 14.1. The van der Waals surface area contributed by atoms with Crippen molar-refractivity contribution in [2.24, 2.45) is 5.92 Å². The van der Waals surface area contributed by atoms with Crippen LogP contribution in [-0.4, -0.2) is 20.1 Å². The van der Waals surface area contributed by atoms with Crippen LogP contribution in [0, 0.1) is 19.8 Å². The summed E-state index contributed by atoms with van der Waals surface area (Å²) in [6, 6.07) is 8.38. The number of amides is 1. The molecule has 1 aromatic carbocycles.